The first-order valence-corrected chi connectivity index (χ1v) is 8.87. The Morgan fingerprint density at radius 2 is 1.80 bits per heavy atom. The van der Waals surface area contributed by atoms with Crippen molar-refractivity contribution in [2.24, 2.45) is 5.92 Å². The second kappa shape index (κ2) is 7.81. The maximum absolute atomic E-state index is 12.8. The molecule has 0 aromatic heterocycles. The summed E-state index contributed by atoms with van der Waals surface area (Å²) in [6.07, 6.45) is 1.25. The minimum absolute atomic E-state index is 0.0545. The van der Waals surface area contributed by atoms with Crippen molar-refractivity contribution in [3.05, 3.63) is 59.7 Å². The van der Waals surface area contributed by atoms with E-state index < -0.39 is 6.10 Å². The largest absolute Gasteiger partial charge is 0.396 e. The third-order valence-corrected chi connectivity index (χ3v) is 5.00. The maximum atomic E-state index is 12.8. The van der Waals surface area contributed by atoms with Gasteiger partial charge in [-0.3, -0.25) is 4.79 Å². The molecule has 3 rings (SSSR count). The number of benzene rings is 2. The van der Waals surface area contributed by atoms with Crippen LogP contribution < -0.4 is 0 Å². The molecule has 0 radical (unpaired) electrons. The van der Waals surface area contributed by atoms with Gasteiger partial charge in [0, 0.05) is 25.3 Å². The van der Waals surface area contributed by atoms with Crippen LogP contribution in [0.4, 0.5) is 0 Å². The van der Waals surface area contributed by atoms with Gasteiger partial charge in [-0.1, -0.05) is 36.4 Å². The SMILES string of the molecule is CC(O)c1ccc(-c2cccc(C(=O)N3CCC(CO)CC3)c2)cc1. The van der Waals surface area contributed by atoms with Crippen LogP contribution in [0.5, 0.6) is 0 Å². The Balaban J connectivity index is 1.76. The van der Waals surface area contributed by atoms with E-state index in [0.717, 1.165) is 29.5 Å². The van der Waals surface area contributed by atoms with E-state index in [9.17, 15) is 15.0 Å². The van der Waals surface area contributed by atoms with Crippen molar-refractivity contribution >= 4 is 5.91 Å². The Labute approximate surface area is 148 Å². The monoisotopic (exact) mass is 339 g/mol. The number of piperidine rings is 1. The zero-order chi connectivity index (χ0) is 17.8. The summed E-state index contributed by atoms with van der Waals surface area (Å²) in [7, 11) is 0. The number of nitrogens with zero attached hydrogens (tertiary/aromatic N) is 1. The van der Waals surface area contributed by atoms with Gasteiger partial charge in [-0.25, -0.2) is 0 Å². The summed E-state index contributed by atoms with van der Waals surface area (Å²) in [5.74, 6) is 0.377. The molecule has 132 valence electrons. The van der Waals surface area contributed by atoms with E-state index in [1.54, 1.807) is 6.92 Å². The quantitative estimate of drug-likeness (QED) is 0.899. The fraction of sp³-hybridized carbons (Fsp3) is 0.381. The van der Waals surface area contributed by atoms with Crippen molar-refractivity contribution in [3.63, 3.8) is 0 Å². The molecule has 4 heteroatoms. The molecular weight excluding hydrogens is 314 g/mol. The van der Waals surface area contributed by atoms with E-state index in [4.69, 9.17) is 0 Å². The van der Waals surface area contributed by atoms with Gasteiger partial charge in [0.1, 0.15) is 0 Å². The lowest BCUT2D eigenvalue weighted by molar-refractivity contribution is 0.0651. The molecule has 0 bridgehead atoms. The van der Waals surface area contributed by atoms with Gasteiger partial charge in [0.05, 0.1) is 6.10 Å². The molecule has 25 heavy (non-hydrogen) atoms. The molecular formula is C21H25NO3. The molecule has 4 nitrogen and oxygen atoms in total. The lowest BCUT2D eigenvalue weighted by Crippen LogP contribution is -2.39. The second-order valence-electron chi connectivity index (χ2n) is 6.80. The Bertz CT molecular complexity index is 716. The fourth-order valence-electron chi connectivity index (χ4n) is 3.29. The molecule has 2 aromatic carbocycles. The average Bonchev–Trinajstić information content (AvgIpc) is 2.67. The molecule has 0 spiro atoms. The standard InChI is InChI=1S/C21H25NO3/c1-15(24)17-5-7-18(8-6-17)19-3-2-4-20(13-19)21(25)22-11-9-16(14-23)10-12-22/h2-8,13,15-16,23-24H,9-12,14H2,1H3. The normalized spacial score (nSPS) is 16.7. The van der Waals surface area contributed by atoms with Gasteiger partial charge in [-0.15, -0.1) is 0 Å². The van der Waals surface area contributed by atoms with Crippen molar-refractivity contribution in [1.29, 1.82) is 0 Å². The van der Waals surface area contributed by atoms with Gasteiger partial charge in [0.2, 0.25) is 0 Å². The zero-order valence-electron chi connectivity index (χ0n) is 14.6. The minimum atomic E-state index is -0.483. The number of amides is 1. The summed E-state index contributed by atoms with van der Waals surface area (Å²) in [5.41, 5.74) is 3.59. The summed E-state index contributed by atoms with van der Waals surface area (Å²) < 4.78 is 0. The zero-order valence-corrected chi connectivity index (χ0v) is 14.6. The van der Waals surface area contributed by atoms with Crippen LogP contribution in [-0.4, -0.2) is 40.7 Å². The predicted octanol–water partition coefficient (Wildman–Crippen LogP) is 3.25. The van der Waals surface area contributed by atoms with E-state index in [2.05, 4.69) is 0 Å². The summed E-state index contributed by atoms with van der Waals surface area (Å²) in [5, 5.41) is 18.8. The van der Waals surface area contributed by atoms with Gasteiger partial charge in [0.15, 0.2) is 0 Å². The Morgan fingerprint density at radius 3 is 2.40 bits per heavy atom. The van der Waals surface area contributed by atoms with E-state index in [-0.39, 0.29) is 12.5 Å². The third kappa shape index (κ3) is 4.09. The fourth-order valence-corrected chi connectivity index (χ4v) is 3.29. The lowest BCUT2D eigenvalue weighted by Gasteiger charge is -2.31. The van der Waals surface area contributed by atoms with Crippen molar-refractivity contribution in [3.8, 4) is 11.1 Å². The number of hydrogen-bond donors (Lipinski definition) is 2. The first-order chi connectivity index (χ1) is 12.1. The molecule has 0 aliphatic carbocycles. The van der Waals surface area contributed by atoms with Gasteiger partial charge in [0.25, 0.3) is 5.91 Å². The van der Waals surface area contributed by atoms with Gasteiger partial charge >= 0.3 is 0 Å². The van der Waals surface area contributed by atoms with Crippen LogP contribution in [0.15, 0.2) is 48.5 Å². The Kier molecular flexibility index (Phi) is 5.51. The van der Waals surface area contributed by atoms with Crippen LogP contribution in [0.25, 0.3) is 11.1 Å². The van der Waals surface area contributed by atoms with E-state index >= 15 is 0 Å². The number of aliphatic hydroxyl groups excluding tert-OH is 2. The molecule has 1 aliphatic heterocycles. The molecule has 1 fully saturated rings. The Hall–Kier alpha value is -2.17. The van der Waals surface area contributed by atoms with Crippen molar-refractivity contribution in [2.75, 3.05) is 19.7 Å². The van der Waals surface area contributed by atoms with Crippen LogP contribution in [0.1, 0.15) is 41.8 Å². The molecule has 2 N–H and O–H groups in total. The number of carbonyl (C=O) groups is 1. The molecule has 1 heterocycles. The predicted molar refractivity (Wildman–Crippen MR) is 98.2 cm³/mol. The third-order valence-electron chi connectivity index (χ3n) is 5.00. The topological polar surface area (TPSA) is 60.8 Å². The van der Waals surface area contributed by atoms with Crippen LogP contribution in [0, 0.1) is 5.92 Å². The van der Waals surface area contributed by atoms with Gasteiger partial charge < -0.3 is 15.1 Å². The second-order valence-corrected chi connectivity index (χ2v) is 6.80. The highest BCUT2D eigenvalue weighted by atomic mass is 16.3. The Morgan fingerprint density at radius 1 is 1.12 bits per heavy atom. The highest BCUT2D eigenvalue weighted by Gasteiger charge is 2.23. The number of likely N-dealkylation sites (tertiary alicyclic amines) is 1. The number of carbonyl (C=O) groups excluding carboxylic acids is 1. The average molecular weight is 339 g/mol. The first-order valence-electron chi connectivity index (χ1n) is 8.87. The molecule has 0 saturated carbocycles. The van der Waals surface area contributed by atoms with Gasteiger partial charge in [-0.05, 0) is 54.5 Å². The summed E-state index contributed by atoms with van der Waals surface area (Å²) in [6.45, 7) is 3.36. The van der Waals surface area contributed by atoms with Crippen LogP contribution in [0.3, 0.4) is 0 Å². The summed E-state index contributed by atoms with van der Waals surface area (Å²) >= 11 is 0. The van der Waals surface area contributed by atoms with Gasteiger partial charge in [-0.2, -0.15) is 0 Å². The van der Waals surface area contributed by atoms with Crippen molar-refractivity contribution in [2.45, 2.75) is 25.9 Å². The highest BCUT2D eigenvalue weighted by molar-refractivity contribution is 5.95. The maximum Gasteiger partial charge on any atom is 0.253 e. The van der Waals surface area contributed by atoms with E-state index in [1.807, 2.05) is 53.4 Å². The molecule has 1 saturated heterocycles. The number of aliphatic hydroxyl groups is 2. The van der Waals surface area contributed by atoms with Crippen LogP contribution in [-0.2, 0) is 0 Å². The molecule has 1 amide bonds. The summed E-state index contributed by atoms with van der Waals surface area (Å²) in [6, 6.07) is 15.4. The van der Waals surface area contributed by atoms with Crippen molar-refractivity contribution in [1.82, 2.24) is 4.90 Å². The highest BCUT2D eigenvalue weighted by Crippen LogP contribution is 2.24. The first kappa shape index (κ1) is 17.6. The minimum Gasteiger partial charge on any atom is -0.396 e. The molecule has 2 aromatic rings. The molecule has 1 aliphatic rings. The van der Waals surface area contributed by atoms with E-state index in [1.165, 1.54) is 0 Å². The number of rotatable bonds is 4. The summed E-state index contributed by atoms with van der Waals surface area (Å²) in [4.78, 5) is 14.6. The lowest BCUT2D eigenvalue weighted by atomic mass is 9.96. The van der Waals surface area contributed by atoms with Crippen molar-refractivity contribution < 1.29 is 15.0 Å². The molecule has 1 atom stereocenters. The van der Waals surface area contributed by atoms with E-state index in [0.29, 0.717) is 24.6 Å². The molecule has 1 unspecified atom stereocenters. The van der Waals surface area contributed by atoms with Crippen LogP contribution >= 0.6 is 0 Å². The smallest absolute Gasteiger partial charge is 0.253 e. The van der Waals surface area contributed by atoms with Crippen LogP contribution in [0.2, 0.25) is 0 Å². The number of hydrogen-bond acceptors (Lipinski definition) is 3.